The number of halogens is 1. The number of fused-ring (bicyclic) bond motifs is 1. The van der Waals surface area contributed by atoms with Crippen LogP contribution in [-0.4, -0.2) is 18.0 Å². The number of carbonyl (C=O) groups is 1. The summed E-state index contributed by atoms with van der Waals surface area (Å²) in [5.41, 5.74) is 3.91. The third-order valence-electron chi connectivity index (χ3n) is 3.78. The van der Waals surface area contributed by atoms with Crippen LogP contribution in [0.5, 0.6) is 5.75 Å². The maximum atomic E-state index is 12.2. The first-order valence-electron chi connectivity index (χ1n) is 7.67. The quantitative estimate of drug-likeness (QED) is 0.638. The number of aromatic nitrogens is 1. The maximum Gasteiger partial charge on any atom is 0.250 e. The summed E-state index contributed by atoms with van der Waals surface area (Å²) in [5.74, 6) is 0.399. The summed E-state index contributed by atoms with van der Waals surface area (Å²) < 4.78 is 6.36. The molecule has 0 saturated heterocycles. The van der Waals surface area contributed by atoms with E-state index >= 15 is 0 Å². The second-order valence-electron chi connectivity index (χ2n) is 5.60. The molecular weight excluding hydrogens is 356 g/mol. The van der Waals surface area contributed by atoms with E-state index in [4.69, 9.17) is 16.3 Å². The first-order valence-corrected chi connectivity index (χ1v) is 8.86. The van der Waals surface area contributed by atoms with Gasteiger partial charge >= 0.3 is 0 Å². The normalized spacial score (nSPS) is 11.2. The van der Waals surface area contributed by atoms with Crippen molar-refractivity contribution in [3.05, 3.63) is 58.1 Å². The highest BCUT2D eigenvalue weighted by molar-refractivity contribution is 7.22. The highest BCUT2D eigenvalue weighted by Crippen LogP contribution is 2.31. The molecule has 25 heavy (non-hydrogen) atoms. The van der Waals surface area contributed by atoms with Gasteiger partial charge in [-0.1, -0.05) is 35.1 Å². The summed E-state index contributed by atoms with van der Waals surface area (Å²) in [5, 5.41) is 3.98. The summed E-state index contributed by atoms with van der Waals surface area (Å²) in [7, 11) is 1.58. The fraction of sp³-hybridized carbons (Fsp3) is 0.158. The molecule has 0 aliphatic rings. The van der Waals surface area contributed by atoms with Crippen molar-refractivity contribution in [3.63, 3.8) is 0 Å². The number of rotatable bonds is 4. The van der Waals surface area contributed by atoms with Crippen molar-refractivity contribution < 1.29 is 9.53 Å². The molecule has 0 aliphatic heterocycles. The predicted molar refractivity (Wildman–Crippen MR) is 105 cm³/mol. The van der Waals surface area contributed by atoms with E-state index in [0.29, 0.717) is 15.9 Å². The molecule has 1 heterocycles. The molecule has 4 nitrogen and oxygen atoms in total. The number of carbonyl (C=O) groups excluding carboxylic acids is 1. The number of nitrogens with one attached hydrogen (secondary N) is 1. The lowest BCUT2D eigenvalue weighted by Crippen LogP contribution is -2.07. The number of ether oxygens (including phenoxy) is 1. The van der Waals surface area contributed by atoms with Crippen molar-refractivity contribution in [1.82, 2.24) is 4.98 Å². The maximum absolute atomic E-state index is 12.2. The van der Waals surface area contributed by atoms with Crippen molar-refractivity contribution in [2.75, 3.05) is 12.4 Å². The number of amides is 1. The number of aryl methyl sites for hydroxylation is 2. The van der Waals surface area contributed by atoms with E-state index in [2.05, 4.69) is 16.4 Å². The summed E-state index contributed by atoms with van der Waals surface area (Å²) in [6.07, 6.45) is 3.11. The zero-order chi connectivity index (χ0) is 18.0. The van der Waals surface area contributed by atoms with Crippen molar-refractivity contribution in [3.8, 4) is 5.75 Å². The molecule has 1 aromatic heterocycles. The molecule has 6 heteroatoms. The minimum Gasteiger partial charge on any atom is -0.496 e. The second-order valence-corrected chi connectivity index (χ2v) is 7.04. The molecule has 3 aromatic rings. The highest BCUT2D eigenvalue weighted by Gasteiger charge is 2.10. The topological polar surface area (TPSA) is 51.2 Å². The number of anilines is 1. The van der Waals surface area contributed by atoms with E-state index in [1.165, 1.54) is 17.4 Å². The van der Waals surface area contributed by atoms with E-state index in [9.17, 15) is 4.79 Å². The Morgan fingerprint density at radius 2 is 2.00 bits per heavy atom. The SMILES string of the molecule is COc1ccc(Cl)cc1/C=C/C(=O)Nc1nc2c(C)ccc(C)c2s1. The Bertz CT molecular complexity index is 940. The molecule has 0 atom stereocenters. The summed E-state index contributed by atoms with van der Waals surface area (Å²) in [6.45, 7) is 4.05. The Hall–Kier alpha value is -2.37. The van der Waals surface area contributed by atoms with E-state index < -0.39 is 0 Å². The van der Waals surface area contributed by atoms with Gasteiger partial charge in [-0.25, -0.2) is 4.98 Å². The number of nitrogens with zero attached hydrogens (tertiary/aromatic N) is 1. The minimum absolute atomic E-state index is 0.253. The van der Waals surface area contributed by atoms with Crippen LogP contribution in [0.15, 0.2) is 36.4 Å². The lowest BCUT2D eigenvalue weighted by molar-refractivity contribution is -0.111. The van der Waals surface area contributed by atoms with Crippen molar-refractivity contribution in [2.45, 2.75) is 13.8 Å². The third kappa shape index (κ3) is 3.83. The van der Waals surface area contributed by atoms with Gasteiger partial charge in [0.2, 0.25) is 5.91 Å². The Morgan fingerprint density at radius 1 is 1.24 bits per heavy atom. The van der Waals surface area contributed by atoms with E-state index in [1.54, 1.807) is 31.4 Å². The summed E-state index contributed by atoms with van der Waals surface area (Å²) in [4.78, 5) is 16.7. The van der Waals surface area contributed by atoms with Gasteiger partial charge < -0.3 is 4.74 Å². The zero-order valence-corrected chi connectivity index (χ0v) is 15.7. The number of thiazole rings is 1. The van der Waals surface area contributed by atoms with E-state index in [0.717, 1.165) is 26.9 Å². The third-order valence-corrected chi connectivity index (χ3v) is 5.12. The van der Waals surface area contributed by atoms with Crippen LogP contribution in [0.2, 0.25) is 5.02 Å². The molecule has 0 radical (unpaired) electrons. The van der Waals surface area contributed by atoms with Crippen LogP contribution in [0, 0.1) is 13.8 Å². The van der Waals surface area contributed by atoms with Crippen LogP contribution in [0.25, 0.3) is 16.3 Å². The Labute approximate surface area is 155 Å². The van der Waals surface area contributed by atoms with Crippen LogP contribution in [0.4, 0.5) is 5.13 Å². The van der Waals surface area contributed by atoms with Gasteiger partial charge in [0, 0.05) is 16.7 Å². The average molecular weight is 373 g/mol. The molecule has 0 spiro atoms. The van der Waals surface area contributed by atoms with Crippen molar-refractivity contribution in [2.24, 2.45) is 0 Å². The molecule has 2 aromatic carbocycles. The number of benzene rings is 2. The highest BCUT2D eigenvalue weighted by atomic mass is 35.5. The minimum atomic E-state index is -0.253. The summed E-state index contributed by atoms with van der Waals surface area (Å²) in [6, 6.07) is 9.35. The molecule has 128 valence electrons. The van der Waals surface area contributed by atoms with E-state index in [1.807, 2.05) is 19.9 Å². The van der Waals surface area contributed by atoms with Crippen LogP contribution in [0.3, 0.4) is 0 Å². The Balaban J connectivity index is 1.80. The lowest BCUT2D eigenvalue weighted by atomic mass is 10.1. The van der Waals surface area contributed by atoms with Gasteiger partial charge in [0.1, 0.15) is 5.75 Å². The van der Waals surface area contributed by atoms with Gasteiger partial charge in [0.05, 0.1) is 17.3 Å². The van der Waals surface area contributed by atoms with Gasteiger partial charge in [0.15, 0.2) is 5.13 Å². The fourth-order valence-electron chi connectivity index (χ4n) is 2.46. The van der Waals surface area contributed by atoms with Crippen molar-refractivity contribution in [1.29, 1.82) is 0 Å². The zero-order valence-electron chi connectivity index (χ0n) is 14.1. The first-order chi connectivity index (χ1) is 12.0. The van der Waals surface area contributed by atoms with Gasteiger partial charge in [-0.2, -0.15) is 0 Å². The number of hydrogen-bond donors (Lipinski definition) is 1. The largest absolute Gasteiger partial charge is 0.496 e. The van der Waals surface area contributed by atoms with Crippen molar-refractivity contribution >= 4 is 50.3 Å². The average Bonchev–Trinajstić information content (AvgIpc) is 3.01. The summed E-state index contributed by atoms with van der Waals surface area (Å²) >= 11 is 7.47. The lowest BCUT2D eigenvalue weighted by Gasteiger charge is -2.04. The standard InChI is InChI=1S/C19H17ClN2O2S/c1-11-4-5-12(2)18-17(11)22-19(25-18)21-16(23)9-6-13-10-14(20)7-8-15(13)24-3/h4-10H,1-3H3,(H,21,22,23)/b9-6+. The van der Waals surface area contributed by atoms with Gasteiger partial charge in [-0.3, -0.25) is 10.1 Å². The number of hydrogen-bond acceptors (Lipinski definition) is 4. The van der Waals surface area contributed by atoms with Gasteiger partial charge in [0.25, 0.3) is 0 Å². The van der Waals surface area contributed by atoms with Crippen LogP contribution in [0.1, 0.15) is 16.7 Å². The van der Waals surface area contributed by atoms with Crippen LogP contribution in [-0.2, 0) is 4.79 Å². The Morgan fingerprint density at radius 3 is 2.72 bits per heavy atom. The first kappa shape index (κ1) is 17.5. The van der Waals surface area contributed by atoms with Crippen LogP contribution >= 0.6 is 22.9 Å². The molecule has 0 fully saturated rings. The molecule has 0 saturated carbocycles. The molecule has 1 N–H and O–H groups in total. The molecule has 0 aliphatic carbocycles. The number of methoxy groups -OCH3 is 1. The molecule has 0 bridgehead atoms. The van der Waals surface area contributed by atoms with E-state index in [-0.39, 0.29) is 5.91 Å². The predicted octanol–water partition coefficient (Wildman–Crippen LogP) is 5.23. The molecular formula is C19H17ClN2O2S. The second kappa shape index (κ2) is 7.25. The smallest absolute Gasteiger partial charge is 0.250 e. The van der Waals surface area contributed by atoms with Gasteiger partial charge in [-0.15, -0.1) is 0 Å². The Kier molecular flexibility index (Phi) is 5.06. The van der Waals surface area contributed by atoms with Crippen LogP contribution < -0.4 is 10.1 Å². The fourth-order valence-corrected chi connectivity index (χ4v) is 3.66. The molecule has 1 amide bonds. The molecule has 0 unspecified atom stereocenters. The van der Waals surface area contributed by atoms with Gasteiger partial charge in [-0.05, 0) is 49.2 Å². The monoisotopic (exact) mass is 372 g/mol. The molecule has 3 rings (SSSR count).